The molecule has 3 aliphatic heterocycles. The number of alkyl halides is 3. The lowest BCUT2D eigenvalue weighted by Gasteiger charge is -2.34. The third kappa shape index (κ3) is 9.52. The predicted octanol–water partition coefficient (Wildman–Crippen LogP) is 4.75. The molecule has 2 saturated heterocycles. The van der Waals surface area contributed by atoms with Gasteiger partial charge in [0.05, 0.1) is 43.5 Å². The molecule has 1 aromatic heterocycles. The average molecular weight is 907 g/mol. The molecule has 0 spiro atoms. The van der Waals surface area contributed by atoms with E-state index in [-0.39, 0.29) is 31.2 Å². The predicted molar refractivity (Wildman–Crippen MR) is 224 cm³/mol. The number of pyridine rings is 1. The van der Waals surface area contributed by atoms with Crippen LogP contribution in [0, 0.1) is 17.8 Å². The number of sulfonamides is 1. The minimum Gasteiger partial charge on any atom is -0.497 e. The Hall–Kier alpha value is -4.85. The van der Waals surface area contributed by atoms with Gasteiger partial charge in [0.1, 0.15) is 29.5 Å². The quantitative estimate of drug-likeness (QED) is 0.293. The van der Waals surface area contributed by atoms with Crippen LogP contribution in [0.3, 0.4) is 0 Å². The van der Waals surface area contributed by atoms with Crippen molar-refractivity contribution in [3.8, 4) is 11.6 Å². The van der Waals surface area contributed by atoms with Crippen molar-refractivity contribution in [1.29, 1.82) is 0 Å². The number of nitrogens with zero attached hydrogens (tertiary/aromatic N) is 3. The molecule has 346 valence electrons. The normalized spacial score (nSPS) is 29.5. The number of ether oxygens (including phenoxy) is 4. The topological polar surface area (TPSA) is 195 Å². The molecule has 0 bridgehead atoms. The fourth-order valence-electron chi connectivity index (χ4n) is 8.66. The summed E-state index contributed by atoms with van der Waals surface area (Å²) in [5, 5.41) is 6.61. The fourth-order valence-corrected chi connectivity index (χ4v) is 9.97. The Kier molecular flexibility index (Phi) is 12.6. The summed E-state index contributed by atoms with van der Waals surface area (Å²) in [5.41, 5.74) is -3.73. The number of halogens is 3. The van der Waals surface area contributed by atoms with Gasteiger partial charge in [-0.15, -0.1) is 0 Å². The van der Waals surface area contributed by atoms with Crippen molar-refractivity contribution in [3.63, 3.8) is 0 Å². The number of amides is 4. The van der Waals surface area contributed by atoms with Gasteiger partial charge >= 0.3 is 12.3 Å². The average Bonchev–Trinajstić information content (AvgIpc) is 4.10. The van der Waals surface area contributed by atoms with Crippen LogP contribution in [-0.4, -0.2) is 122 Å². The van der Waals surface area contributed by atoms with Crippen LogP contribution in [0.5, 0.6) is 11.6 Å². The number of anilines is 1. The molecule has 2 aromatic rings. The Morgan fingerprint density at radius 1 is 1.06 bits per heavy atom. The summed E-state index contributed by atoms with van der Waals surface area (Å²) in [7, 11) is -2.54. The van der Waals surface area contributed by atoms with E-state index < -0.39 is 85.9 Å². The minimum absolute atomic E-state index is 0.0465. The number of benzene rings is 1. The molecule has 1 aromatic carbocycles. The van der Waals surface area contributed by atoms with E-state index in [1.54, 1.807) is 45.4 Å². The minimum atomic E-state index is -4.92. The second-order valence-electron chi connectivity index (χ2n) is 18.4. The molecule has 3 N–H and O–H groups in total. The van der Waals surface area contributed by atoms with Gasteiger partial charge in [-0.1, -0.05) is 26.0 Å². The molecular formula is C43H57F3N6O10S. The number of allylic oxidation sites excluding steroid dienone is 1. The highest BCUT2D eigenvalue weighted by molar-refractivity contribution is 7.91. The Bertz CT molecular complexity index is 2250. The molecule has 4 amide bonds. The van der Waals surface area contributed by atoms with Crippen molar-refractivity contribution in [2.75, 3.05) is 44.9 Å². The first-order chi connectivity index (χ1) is 29.6. The zero-order valence-corrected chi connectivity index (χ0v) is 37.2. The number of carbonyl (C=O) groups excluding carboxylic acids is 4. The first-order valence-electron chi connectivity index (χ1n) is 21.5. The number of aromatic nitrogens is 1. The van der Waals surface area contributed by atoms with Crippen LogP contribution in [0.4, 0.5) is 23.7 Å². The molecule has 5 aliphatic rings. The maximum Gasteiger partial charge on any atom is 0.427 e. The number of morpholine rings is 1. The molecule has 7 rings (SSSR count). The first kappa shape index (κ1) is 46.2. The van der Waals surface area contributed by atoms with Crippen LogP contribution < -0.4 is 29.7 Å². The van der Waals surface area contributed by atoms with Crippen molar-refractivity contribution >= 4 is 50.3 Å². The number of rotatable bonds is 9. The summed E-state index contributed by atoms with van der Waals surface area (Å²) < 4.78 is 91.6. The summed E-state index contributed by atoms with van der Waals surface area (Å²) >= 11 is 0. The standard InChI is InChI=1S/C43H57F3N6O10S/c1-25-9-7-8-10-27-22-42(27,38(55)50-63(57,58)41(5)13-14-41)49-35(53)32-21-29(24-52(32)37(54)34(26(2)19-25)48-39(56)62-40(3,4)43(44,45)46)61-36-30-12-11-28(59-6)20-31(30)33(23-47-36)51-15-17-60-18-16-51/h8,10-12,20,23,25-27,29,32,34H,7,9,13-19,21-22,24H2,1-6H3,(H,48,56)(H,49,53)(H,50,55)/b10-8+/t25-,26-,27-,29-,32+,34+,42-/m1/s1. The molecule has 7 atom stereocenters. The van der Waals surface area contributed by atoms with E-state index in [1.807, 2.05) is 19.1 Å². The molecule has 63 heavy (non-hydrogen) atoms. The molecule has 0 radical (unpaired) electrons. The van der Waals surface area contributed by atoms with Crippen molar-refractivity contribution in [2.24, 2.45) is 17.8 Å². The fraction of sp³-hybridized carbons (Fsp3) is 0.651. The third-order valence-corrected chi connectivity index (χ3v) is 15.4. The number of methoxy groups -OCH3 is 1. The highest BCUT2D eigenvalue weighted by Crippen LogP contribution is 2.48. The molecule has 16 nitrogen and oxygen atoms in total. The van der Waals surface area contributed by atoms with E-state index in [0.717, 1.165) is 11.1 Å². The zero-order chi connectivity index (χ0) is 45.7. The number of hydrogen-bond acceptors (Lipinski definition) is 12. The Morgan fingerprint density at radius 2 is 1.78 bits per heavy atom. The van der Waals surface area contributed by atoms with Crippen molar-refractivity contribution in [1.82, 2.24) is 25.2 Å². The Balaban J connectivity index is 1.24. The van der Waals surface area contributed by atoms with Crippen LogP contribution in [-0.2, 0) is 33.9 Å². The molecule has 2 aliphatic carbocycles. The van der Waals surface area contributed by atoms with Gasteiger partial charge in [-0.3, -0.25) is 19.1 Å². The van der Waals surface area contributed by atoms with Gasteiger partial charge in [-0.25, -0.2) is 18.2 Å². The lowest BCUT2D eigenvalue weighted by Crippen LogP contribution is -2.59. The number of carbonyl (C=O) groups is 4. The summed E-state index contributed by atoms with van der Waals surface area (Å²) in [6, 6.07) is 2.62. The molecular weight excluding hydrogens is 850 g/mol. The van der Waals surface area contributed by atoms with E-state index in [2.05, 4.69) is 25.2 Å². The smallest absolute Gasteiger partial charge is 0.427 e. The Morgan fingerprint density at radius 3 is 2.44 bits per heavy atom. The summed E-state index contributed by atoms with van der Waals surface area (Å²) in [5.74, 6) is -2.93. The van der Waals surface area contributed by atoms with Gasteiger partial charge in [0.25, 0.3) is 5.91 Å². The van der Waals surface area contributed by atoms with Gasteiger partial charge in [-0.05, 0) is 89.3 Å². The van der Waals surface area contributed by atoms with Crippen LogP contribution in [0.15, 0.2) is 36.5 Å². The molecule has 0 unspecified atom stereocenters. The highest BCUT2D eigenvalue weighted by atomic mass is 32.2. The second-order valence-corrected chi connectivity index (χ2v) is 20.6. The molecule has 2 saturated carbocycles. The van der Waals surface area contributed by atoms with E-state index in [9.17, 15) is 40.8 Å². The summed E-state index contributed by atoms with van der Waals surface area (Å²) in [6.45, 7) is 8.65. The van der Waals surface area contributed by atoms with Gasteiger partial charge in [0.2, 0.25) is 33.3 Å². The van der Waals surface area contributed by atoms with Crippen molar-refractivity contribution in [3.05, 3.63) is 36.5 Å². The van der Waals surface area contributed by atoms with Crippen molar-refractivity contribution in [2.45, 2.75) is 120 Å². The second kappa shape index (κ2) is 17.3. The maximum atomic E-state index is 14.9. The molecule has 4 heterocycles. The summed E-state index contributed by atoms with van der Waals surface area (Å²) in [6.07, 6.45) is 0.268. The number of nitrogens with one attached hydrogen (secondary N) is 3. The third-order valence-electron chi connectivity index (χ3n) is 13.2. The monoisotopic (exact) mass is 906 g/mol. The highest BCUT2D eigenvalue weighted by Gasteiger charge is 2.63. The number of alkyl carbamates (subject to hydrolysis) is 1. The van der Waals surface area contributed by atoms with Gasteiger partial charge < -0.3 is 39.4 Å². The zero-order valence-electron chi connectivity index (χ0n) is 36.4. The number of fused-ring (bicyclic) bond motifs is 3. The van der Waals surface area contributed by atoms with Gasteiger partial charge in [-0.2, -0.15) is 13.2 Å². The van der Waals surface area contributed by atoms with Crippen molar-refractivity contribution < 1.29 is 59.7 Å². The van der Waals surface area contributed by atoms with E-state index >= 15 is 0 Å². The largest absolute Gasteiger partial charge is 0.497 e. The molecule has 4 fully saturated rings. The lowest BCUT2D eigenvalue weighted by atomic mass is 9.88. The molecule has 20 heteroatoms. The van der Waals surface area contributed by atoms with Gasteiger partial charge in [0.15, 0.2) is 0 Å². The first-order valence-corrected chi connectivity index (χ1v) is 22.9. The van der Waals surface area contributed by atoms with Crippen LogP contribution >= 0.6 is 0 Å². The van der Waals surface area contributed by atoms with Gasteiger partial charge in [0, 0.05) is 36.2 Å². The Labute approximate surface area is 365 Å². The van der Waals surface area contributed by atoms with Crippen LogP contribution in [0.1, 0.15) is 79.6 Å². The maximum absolute atomic E-state index is 14.9. The SMILES string of the molecule is COc1ccc2c(O[C@@H]3C[C@H]4C(=O)N[C@]5(C(=O)NS(=O)(=O)C6(C)CC6)C[C@H]5/C=C/CC[C@@H](C)C[C@@H](C)[C@H](NC(=O)OC(C)(C)C(F)(F)F)C(=O)N4C3)ncc(N3CCOCC3)c2c1. The van der Waals surface area contributed by atoms with E-state index in [4.69, 9.17) is 18.9 Å². The lowest BCUT2D eigenvalue weighted by molar-refractivity contribution is -0.244. The van der Waals surface area contributed by atoms with Crippen LogP contribution in [0.2, 0.25) is 0 Å². The van der Waals surface area contributed by atoms with Crippen LogP contribution in [0.25, 0.3) is 10.8 Å². The number of hydrogen-bond donors (Lipinski definition) is 3. The van der Waals surface area contributed by atoms with E-state index in [1.165, 1.54) is 4.90 Å². The summed E-state index contributed by atoms with van der Waals surface area (Å²) in [4.78, 5) is 64.9. The van der Waals surface area contributed by atoms with E-state index in [0.29, 0.717) is 83.4 Å².